The lowest BCUT2D eigenvalue weighted by molar-refractivity contribution is -0.142. The van der Waals surface area contributed by atoms with Crippen molar-refractivity contribution in [3.63, 3.8) is 0 Å². The molecule has 0 aromatic heterocycles. The Morgan fingerprint density at radius 2 is 1.55 bits per heavy atom. The predicted molar refractivity (Wildman–Crippen MR) is 85.8 cm³/mol. The molecule has 1 amide bonds. The second-order valence-corrected chi connectivity index (χ2v) is 4.71. The molecule has 0 aliphatic carbocycles. The summed E-state index contributed by atoms with van der Waals surface area (Å²) in [6.07, 6.45) is 0.168. The van der Waals surface area contributed by atoms with Gasteiger partial charge in [-0.05, 0) is 31.2 Å². The van der Waals surface area contributed by atoms with Crippen LogP contribution in [0.1, 0.15) is 23.7 Å². The van der Waals surface area contributed by atoms with Gasteiger partial charge in [0.2, 0.25) is 0 Å². The van der Waals surface area contributed by atoms with E-state index in [1.54, 1.807) is 24.0 Å². The van der Waals surface area contributed by atoms with Gasteiger partial charge < -0.3 is 9.64 Å². The van der Waals surface area contributed by atoms with E-state index in [1.165, 1.54) is 0 Å². The maximum absolute atomic E-state index is 12.7. The molecule has 2 rings (SSSR count). The molecule has 4 nitrogen and oxygen atoms in total. The van der Waals surface area contributed by atoms with Gasteiger partial charge >= 0.3 is 5.97 Å². The van der Waals surface area contributed by atoms with Gasteiger partial charge in [0.05, 0.1) is 13.0 Å². The zero-order valence-electron chi connectivity index (χ0n) is 12.6. The highest BCUT2D eigenvalue weighted by atomic mass is 16.5. The average molecular weight is 297 g/mol. The molecule has 0 atom stereocenters. The van der Waals surface area contributed by atoms with Crippen LogP contribution >= 0.6 is 0 Å². The molecule has 0 spiro atoms. The second kappa shape index (κ2) is 7.98. The average Bonchev–Trinajstić information content (AvgIpc) is 2.57. The first-order chi connectivity index (χ1) is 10.7. The monoisotopic (exact) mass is 297 g/mol. The molecule has 0 fully saturated rings. The minimum Gasteiger partial charge on any atom is -0.466 e. The number of esters is 1. The molecule has 0 saturated heterocycles. The molecule has 114 valence electrons. The summed E-state index contributed by atoms with van der Waals surface area (Å²) < 4.78 is 4.94. The number of anilines is 1. The number of ether oxygens (including phenoxy) is 1. The molecule has 0 unspecified atom stereocenters. The Hall–Kier alpha value is -2.62. The zero-order valence-corrected chi connectivity index (χ0v) is 12.6. The van der Waals surface area contributed by atoms with Crippen molar-refractivity contribution in [3.8, 4) is 0 Å². The summed E-state index contributed by atoms with van der Waals surface area (Å²) in [5, 5.41) is 0. The molecule has 0 radical (unpaired) electrons. The van der Waals surface area contributed by atoms with E-state index in [0.29, 0.717) is 12.2 Å². The van der Waals surface area contributed by atoms with Gasteiger partial charge in [-0.15, -0.1) is 0 Å². The van der Waals surface area contributed by atoms with E-state index in [4.69, 9.17) is 4.74 Å². The van der Waals surface area contributed by atoms with Crippen molar-refractivity contribution < 1.29 is 14.3 Å². The van der Waals surface area contributed by atoms with Crippen molar-refractivity contribution >= 4 is 17.6 Å². The summed E-state index contributed by atoms with van der Waals surface area (Å²) >= 11 is 0. The number of para-hydroxylation sites is 1. The third kappa shape index (κ3) is 4.19. The Morgan fingerprint density at radius 1 is 0.955 bits per heavy atom. The third-order valence-corrected chi connectivity index (χ3v) is 3.18. The van der Waals surface area contributed by atoms with Crippen LogP contribution in [-0.4, -0.2) is 25.0 Å². The maximum atomic E-state index is 12.7. The van der Waals surface area contributed by atoms with Crippen molar-refractivity contribution in [3.05, 3.63) is 66.2 Å². The van der Waals surface area contributed by atoms with E-state index in [2.05, 4.69) is 0 Å². The van der Waals surface area contributed by atoms with Gasteiger partial charge in [0.15, 0.2) is 0 Å². The summed E-state index contributed by atoms with van der Waals surface area (Å²) in [6, 6.07) is 18.4. The zero-order chi connectivity index (χ0) is 15.8. The standard InChI is InChI=1S/C18H19NO3/c1-2-22-17(20)13-14-19(16-11-7-4-8-12-16)18(21)15-9-5-3-6-10-15/h3-12H,2,13-14H2,1H3. The van der Waals surface area contributed by atoms with Gasteiger partial charge in [-0.1, -0.05) is 36.4 Å². The van der Waals surface area contributed by atoms with Crippen molar-refractivity contribution in [1.82, 2.24) is 0 Å². The molecule has 0 aliphatic rings. The molecule has 2 aromatic carbocycles. The van der Waals surface area contributed by atoms with Crippen LogP contribution in [0.25, 0.3) is 0 Å². The van der Waals surface area contributed by atoms with Crippen LogP contribution in [0.5, 0.6) is 0 Å². The summed E-state index contributed by atoms with van der Waals surface area (Å²) in [7, 11) is 0. The number of carbonyl (C=O) groups is 2. The Kier molecular flexibility index (Phi) is 5.72. The van der Waals surface area contributed by atoms with Crippen molar-refractivity contribution in [2.75, 3.05) is 18.1 Å². The smallest absolute Gasteiger partial charge is 0.307 e. The molecule has 0 aliphatic heterocycles. The first-order valence-corrected chi connectivity index (χ1v) is 7.30. The molecular formula is C18H19NO3. The van der Waals surface area contributed by atoms with Gasteiger partial charge in [0.25, 0.3) is 5.91 Å². The fraction of sp³-hybridized carbons (Fsp3) is 0.222. The molecule has 0 N–H and O–H groups in total. The summed E-state index contributed by atoms with van der Waals surface area (Å²) in [5.74, 6) is -0.430. The molecular weight excluding hydrogens is 278 g/mol. The van der Waals surface area contributed by atoms with E-state index in [1.807, 2.05) is 48.5 Å². The highest BCUT2D eigenvalue weighted by Crippen LogP contribution is 2.17. The van der Waals surface area contributed by atoms with E-state index in [-0.39, 0.29) is 24.8 Å². The van der Waals surface area contributed by atoms with Gasteiger partial charge in [-0.2, -0.15) is 0 Å². The number of rotatable bonds is 6. The van der Waals surface area contributed by atoms with E-state index >= 15 is 0 Å². The van der Waals surface area contributed by atoms with Crippen LogP contribution in [0, 0.1) is 0 Å². The highest BCUT2D eigenvalue weighted by molar-refractivity contribution is 6.06. The van der Waals surface area contributed by atoms with Crippen molar-refractivity contribution in [1.29, 1.82) is 0 Å². The lowest BCUT2D eigenvalue weighted by Crippen LogP contribution is -2.33. The molecule has 22 heavy (non-hydrogen) atoms. The first kappa shape index (κ1) is 15.8. The summed E-state index contributed by atoms with van der Waals surface area (Å²) in [4.78, 5) is 25.9. The van der Waals surface area contributed by atoms with E-state index in [9.17, 15) is 9.59 Å². The van der Waals surface area contributed by atoms with Gasteiger partial charge in [-0.3, -0.25) is 9.59 Å². The predicted octanol–water partition coefficient (Wildman–Crippen LogP) is 3.29. The van der Waals surface area contributed by atoms with Crippen molar-refractivity contribution in [2.24, 2.45) is 0 Å². The minimum atomic E-state index is -0.302. The number of carbonyl (C=O) groups excluding carboxylic acids is 2. The summed E-state index contributed by atoms with van der Waals surface area (Å²) in [6.45, 7) is 2.40. The SMILES string of the molecule is CCOC(=O)CCN(C(=O)c1ccccc1)c1ccccc1. The van der Waals surface area contributed by atoms with Crippen molar-refractivity contribution in [2.45, 2.75) is 13.3 Å². The molecule has 4 heteroatoms. The number of benzene rings is 2. The van der Waals surface area contributed by atoms with Crippen LogP contribution < -0.4 is 4.90 Å². The number of hydrogen-bond acceptors (Lipinski definition) is 3. The third-order valence-electron chi connectivity index (χ3n) is 3.18. The van der Waals surface area contributed by atoms with Crippen LogP contribution in [0.3, 0.4) is 0 Å². The quantitative estimate of drug-likeness (QED) is 0.769. The topological polar surface area (TPSA) is 46.6 Å². The molecule has 0 bridgehead atoms. The molecule has 2 aromatic rings. The first-order valence-electron chi connectivity index (χ1n) is 7.30. The lowest BCUT2D eigenvalue weighted by atomic mass is 10.1. The second-order valence-electron chi connectivity index (χ2n) is 4.71. The lowest BCUT2D eigenvalue weighted by Gasteiger charge is -2.22. The molecule has 0 heterocycles. The number of hydrogen-bond donors (Lipinski definition) is 0. The fourth-order valence-corrected chi connectivity index (χ4v) is 2.13. The highest BCUT2D eigenvalue weighted by Gasteiger charge is 2.18. The fourth-order valence-electron chi connectivity index (χ4n) is 2.13. The van der Waals surface area contributed by atoms with E-state index < -0.39 is 0 Å². The van der Waals surface area contributed by atoms with E-state index in [0.717, 1.165) is 5.69 Å². The number of amides is 1. The Balaban J connectivity index is 2.19. The van der Waals surface area contributed by atoms with Gasteiger partial charge in [0, 0.05) is 17.8 Å². The van der Waals surface area contributed by atoms with Crippen LogP contribution in [0.4, 0.5) is 5.69 Å². The largest absolute Gasteiger partial charge is 0.466 e. The van der Waals surface area contributed by atoms with Crippen LogP contribution in [0.2, 0.25) is 0 Å². The maximum Gasteiger partial charge on any atom is 0.307 e. The summed E-state index contributed by atoms with van der Waals surface area (Å²) in [5.41, 5.74) is 1.36. The minimum absolute atomic E-state index is 0.129. The van der Waals surface area contributed by atoms with Crippen LogP contribution in [0.15, 0.2) is 60.7 Å². The van der Waals surface area contributed by atoms with Crippen LogP contribution in [-0.2, 0) is 9.53 Å². The molecule has 0 saturated carbocycles. The Labute approximate surface area is 130 Å². The Morgan fingerprint density at radius 3 is 2.14 bits per heavy atom. The van der Waals surface area contributed by atoms with Gasteiger partial charge in [-0.25, -0.2) is 0 Å². The van der Waals surface area contributed by atoms with Gasteiger partial charge in [0.1, 0.15) is 0 Å². The normalized spacial score (nSPS) is 10.0. The number of nitrogens with zero attached hydrogens (tertiary/aromatic N) is 1. The Bertz CT molecular complexity index is 611.